The molecular weight excluding hydrogens is 252 g/mol. The molecular formula is C16H30N2O2. The van der Waals surface area contributed by atoms with E-state index in [0.717, 1.165) is 50.9 Å². The summed E-state index contributed by atoms with van der Waals surface area (Å²) in [6.07, 6.45) is 8.30. The Balaban J connectivity index is 1.63. The van der Waals surface area contributed by atoms with E-state index in [2.05, 4.69) is 12.2 Å². The summed E-state index contributed by atoms with van der Waals surface area (Å²) >= 11 is 0. The van der Waals surface area contributed by atoms with Crippen LogP contribution in [0.4, 0.5) is 0 Å². The van der Waals surface area contributed by atoms with Crippen LogP contribution < -0.4 is 11.1 Å². The van der Waals surface area contributed by atoms with Gasteiger partial charge in [-0.3, -0.25) is 4.79 Å². The lowest BCUT2D eigenvalue weighted by molar-refractivity contribution is -0.124. The maximum absolute atomic E-state index is 12.1. The smallest absolute Gasteiger partial charge is 0.237 e. The first kappa shape index (κ1) is 15.8. The topological polar surface area (TPSA) is 64.4 Å². The normalized spacial score (nSPS) is 29.9. The number of carbonyl (C=O) groups excluding carboxylic acids is 1. The predicted molar refractivity (Wildman–Crippen MR) is 80.3 cm³/mol. The zero-order chi connectivity index (χ0) is 14.4. The Hall–Kier alpha value is -0.610. The molecule has 1 amide bonds. The number of nitrogens with two attached hydrogens (primary N) is 1. The Bertz CT molecular complexity index is 303. The number of nitrogens with one attached hydrogen (secondary N) is 1. The Morgan fingerprint density at radius 3 is 2.75 bits per heavy atom. The molecule has 1 heterocycles. The molecule has 3 unspecified atom stereocenters. The molecule has 0 aromatic heterocycles. The van der Waals surface area contributed by atoms with Crippen LogP contribution in [0.1, 0.15) is 51.9 Å². The van der Waals surface area contributed by atoms with Gasteiger partial charge < -0.3 is 15.8 Å². The van der Waals surface area contributed by atoms with Crippen LogP contribution in [0.25, 0.3) is 0 Å². The van der Waals surface area contributed by atoms with Gasteiger partial charge in [-0.05, 0) is 43.4 Å². The first-order chi connectivity index (χ1) is 9.66. The van der Waals surface area contributed by atoms with Gasteiger partial charge in [-0.1, -0.05) is 26.2 Å². The summed E-state index contributed by atoms with van der Waals surface area (Å²) in [5, 5.41) is 3.04. The molecule has 1 saturated carbocycles. The quantitative estimate of drug-likeness (QED) is 0.811. The average Bonchev–Trinajstić information content (AvgIpc) is 2.47. The number of carbonyl (C=O) groups is 1. The summed E-state index contributed by atoms with van der Waals surface area (Å²) in [7, 11) is 0. The third kappa shape index (κ3) is 4.74. The highest BCUT2D eigenvalue weighted by molar-refractivity contribution is 5.81. The minimum absolute atomic E-state index is 0.0285. The number of ether oxygens (including phenoxy) is 1. The number of hydrogen-bond acceptors (Lipinski definition) is 3. The van der Waals surface area contributed by atoms with Crippen molar-refractivity contribution in [2.75, 3.05) is 19.8 Å². The molecule has 4 heteroatoms. The first-order valence-corrected chi connectivity index (χ1v) is 8.28. The van der Waals surface area contributed by atoms with E-state index in [1.54, 1.807) is 0 Å². The van der Waals surface area contributed by atoms with Crippen molar-refractivity contribution < 1.29 is 9.53 Å². The minimum atomic E-state index is -0.357. The van der Waals surface area contributed by atoms with Gasteiger partial charge in [0.1, 0.15) is 0 Å². The summed E-state index contributed by atoms with van der Waals surface area (Å²) in [6.45, 7) is 4.61. The van der Waals surface area contributed by atoms with Crippen LogP contribution in [0, 0.1) is 17.8 Å². The fourth-order valence-corrected chi connectivity index (χ4v) is 3.63. The van der Waals surface area contributed by atoms with Crippen LogP contribution in [0.5, 0.6) is 0 Å². The maximum atomic E-state index is 12.1. The molecule has 0 aromatic rings. The fraction of sp³-hybridized carbons (Fsp3) is 0.938. The van der Waals surface area contributed by atoms with Crippen molar-refractivity contribution in [1.82, 2.24) is 5.32 Å². The Morgan fingerprint density at radius 2 is 2.05 bits per heavy atom. The zero-order valence-electron chi connectivity index (χ0n) is 12.8. The minimum Gasteiger partial charge on any atom is -0.381 e. The predicted octanol–water partition coefficient (Wildman–Crippen LogP) is 2.07. The monoisotopic (exact) mass is 282 g/mol. The number of amides is 1. The van der Waals surface area contributed by atoms with Gasteiger partial charge >= 0.3 is 0 Å². The van der Waals surface area contributed by atoms with Gasteiger partial charge in [0, 0.05) is 19.8 Å². The fourth-order valence-electron chi connectivity index (χ4n) is 3.63. The second kappa shape index (κ2) is 7.99. The molecule has 1 saturated heterocycles. The van der Waals surface area contributed by atoms with Crippen molar-refractivity contribution in [2.45, 2.75) is 57.9 Å². The van der Waals surface area contributed by atoms with Crippen molar-refractivity contribution in [3.05, 3.63) is 0 Å². The highest BCUT2D eigenvalue weighted by Crippen LogP contribution is 2.30. The summed E-state index contributed by atoms with van der Waals surface area (Å²) in [6, 6.07) is -0.357. The van der Waals surface area contributed by atoms with E-state index < -0.39 is 0 Å². The van der Waals surface area contributed by atoms with Gasteiger partial charge in [-0.15, -0.1) is 0 Å². The molecule has 0 radical (unpaired) electrons. The molecule has 0 spiro atoms. The largest absolute Gasteiger partial charge is 0.381 e. The molecule has 2 fully saturated rings. The van der Waals surface area contributed by atoms with Crippen LogP contribution in [0.3, 0.4) is 0 Å². The molecule has 1 aliphatic heterocycles. The van der Waals surface area contributed by atoms with Gasteiger partial charge in [0.2, 0.25) is 5.91 Å². The van der Waals surface area contributed by atoms with Crippen molar-refractivity contribution in [3.8, 4) is 0 Å². The molecule has 0 bridgehead atoms. The SMILES string of the molecule is CC1CCCC(CCNC(=O)C(N)C2CCOCC2)C1. The number of rotatable bonds is 5. The van der Waals surface area contributed by atoms with Crippen LogP contribution in [-0.4, -0.2) is 31.7 Å². The molecule has 2 rings (SSSR count). The van der Waals surface area contributed by atoms with E-state index in [1.807, 2.05) is 0 Å². The summed E-state index contributed by atoms with van der Waals surface area (Å²) < 4.78 is 5.31. The van der Waals surface area contributed by atoms with Crippen LogP contribution in [0.2, 0.25) is 0 Å². The van der Waals surface area contributed by atoms with Gasteiger partial charge in [0.15, 0.2) is 0 Å². The average molecular weight is 282 g/mol. The summed E-state index contributed by atoms with van der Waals surface area (Å²) in [5.41, 5.74) is 6.07. The Labute approximate surface area is 122 Å². The molecule has 2 aliphatic rings. The molecule has 4 nitrogen and oxygen atoms in total. The number of hydrogen-bond donors (Lipinski definition) is 2. The molecule has 3 N–H and O–H groups in total. The van der Waals surface area contributed by atoms with Gasteiger partial charge in [-0.2, -0.15) is 0 Å². The molecule has 0 aromatic carbocycles. The third-order valence-corrected chi connectivity index (χ3v) is 4.97. The third-order valence-electron chi connectivity index (χ3n) is 4.97. The van der Waals surface area contributed by atoms with Gasteiger partial charge in [0.25, 0.3) is 0 Å². The van der Waals surface area contributed by atoms with E-state index in [9.17, 15) is 4.79 Å². The van der Waals surface area contributed by atoms with E-state index in [-0.39, 0.29) is 11.9 Å². The lowest BCUT2D eigenvalue weighted by Gasteiger charge is -2.28. The van der Waals surface area contributed by atoms with E-state index in [4.69, 9.17) is 10.5 Å². The zero-order valence-corrected chi connectivity index (χ0v) is 12.8. The van der Waals surface area contributed by atoms with Crippen molar-refractivity contribution >= 4 is 5.91 Å². The van der Waals surface area contributed by atoms with Gasteiger partial charge in [-0.25, -0.2) is 0 Å². The lowest BCUT2D eigenvalue weighted by Crippen LogP contribution is -2.47. The van der Waals surface area contributed by atoms with Crippen LogP contribution in [0.15, 0.2) is 0 Å². The van der Waals surface area contributed by atoms with Crippen molar-refractivity contribution in [2.24, 2.45) is 23.5 Å². The second-order valence-corrected chi connectivity index (χ2v) is 6.69. The Kier molecular flexibility index (Phi) is 6.30. The highest BCUT2D eigenvalue weighted by Gasteiger charge is 2.26. The van der Waals surface area contributed by atoms with Crippen molar-refractivity contribution in [3.63, 3.8) is 0 Å². The summed E-state index contributed by atoms with van der Waals surface area (Å²) in [4.78, 5) is 12.1. The second-order valence-electron chi connectivity index (χ2n) is 6.69. The van der Waals surface area contributed by atoms with Gasteiger partial charge in [0.05, 0.1) is 6.04 Å². The summed E-state index contributed by atoms with van der Waals surface area (Å²) in [5.74, 6) is 1.96. The molecule has 3 atom stereocenters. The van der Waals surface area contributed by atoms with E-state index in [0.29, 0.717) is 5.92 Å². The highest BCUT2D eigenvalue weighted by atomic mass is 16.5. The van der Waals surface area contributed by atoms with Crippen molar-refractivity contribution in [1.29, 1.82) is 0 Å². The first-order valence-electron chi connectivity index (χ1n) is 8.28. The Morgan fingerprint density at radius 1 is 1.30 bits per heavy atom. The van der Waals surface area contributed by atoms with E-state index in [1.165, 1.54) is 25.7 Å². The molecule has 20 heavy (non-hydrogen) atoms. The standard InChI is InChI=1S/C16H30N2O2/c1-12-3-2-4-13(11-12)5-8-18-16(19)15(17)14-6-9-20-10-7-14/h12-15H,2-11,17H2,1H3,(H,18,19). The molecule has 116 valence electrons. The van der Waals surface area contributed by atoms with E-state index >= 15 is 0 Å². The maximum Gasteiger partial charge on any atom is 0.237 e. The lowest BCUT2D eigenvalue weighted by atomic mass is 9.81. The van der Waals surface area contributed by atoms with Crippen LogP contribution in [-0.2, 0) is 9.53 Å². The molecule has 1 aliphatic carbocycles. The van der Waals surface area contributed by atoms with Crippen LogP contribution >= 0.6 is 0 Å².